The van der Waals surface area contributed by atoms with Crippen molar-refractivity contribution in [2.24, 2.45) is 0 Å². The van der Waals surface area contributed by atoms with E-state index in [1.807, 2.05) is 0 Å². The summed E-state index contributed by atoms with van der Waals surface area (Å²) < 4.78 is 12.7. The van der Waals surface area contributed by atoms with Gasteiger partial charge in [0.15, 0.2) is 0 Å². The summed E-state index contributed by atoms with van der Waals surface area (Å²) in [6, 6.07) is 0. The van der Waals surface area contributed by atoms with Crippen LogP contribution in [-0.2, 0) is 0 Å². The van der Waals surface area contributed by atoms with E-state index in [1.165, 1.54) is 0 Å². The van der Waals surface area contributed by atoms with Crippen LogP contribution in [-0.4, -0.2) is 30.2 Å². The van der Waals surface area contributed by atoms with Crippen molar-refractivity contribution in [3.63, 3.8) is 0 Å². The molecule has 54 valence electrons. The molecule has 1 aliphatic rings. The number of nitrogens with zero attached hydrogens (tertiary/aromatic N) is 1. The van der Waals surface area contributed by atoms with Crippen molar-refractivity contribution in [3.05, 3.63) is 0 Å². The Labute approximate surface area is 55.8 Å². The Balaban J connectivity index is 2.12. The Hall–Kier alpha value is -0.110. The van der Waals surface area contributed by atoms with Crippen molar-refractivity contribution in [2.75, 3.05) is 19.6 Å². The normalized spacial score (nSPS) is 25.7. The minimum absolute atomic E-state index is 0.640. The lowest BCUT2D eigenvalue weighted by Gasteiger charge is -2.42. The molecule has 1 fully saturated rings. The summed E-state index contributed by atoms with van der Waals surface area (Å²) in [6.07, 6.45) is 1.14. The maximum absolute atomic E-state index is 12.7. The first-order valence-electron chi connectivity index (χ1n) is 3.55. The van der Waals surface area contributed by atoms with Gasteiger partial charge in [-0.2, -0.15) is 0 Å². The molecule has 0 amide bonds. The van der Waals surface area contributed by atoms with Crippen LogP contribution >= 0.6 is 0 Å². The Morgan fingerprint density at radius 2 is 2.11 bits per heavy atom. The zero-order valence-corrected chi connectivity index (χ0v) is 6.15. The molecular weight excluding hydrogens is 117 g/mol. The lowest BCUT2D eigenvalue weighted by Crippen LogP contribution is -2.56. The van der Waals surface area contributed by atoms with Crippen molar-refractivity contribution in [3.8, 4) is 0 Å². The first kappa shape index (κ1) is 7.00. The van der Waals surface area contributed by atoms with Gasteiger partial charge in [0.2, 0.25) is 0 Å². The average molecular weight is 131 g/mol. The van der Waals surface area contributed by atoms with Gasteiger partial charge in [0.05, 0.1) is 0 Å². The first-order chi connectivity index (χ1) is 4.14. The molecule has 1 heterocycles. The molecule has 1 aliphatic heterocycles. The molecule has 0 aromatic heterocycles. The van der Waals surface area contributed by atoms with Gasteiger partial charge in [-0.05, 0) is 19.9 Å². The Bertz CT molecular complexity index is 93.1. The van der Waals surface area contributed by atoms with Gasteiger partial charge >= 0.3 is 0 Å². The lowest BCUT2D eigenvalue weighted by atomic mass is 9.99. The van der Waals surface area contributed by atoms with Crippen molar-refractivity contribution >= 4 is 0 Å². The van der Waals surface area contributed by atoms with Gasteiger partial charge in [0, 0.05) is 13.1 Å². The molecule has 0 saturated carbocycles. The van der Waals surface area contributed by atoms with Crippen LogP contribution < -0.4 is 0 Å². The van der Waals surface area contributed by atoms with E-state index in [2.05, 4.69) is 11.8 Å². The molecule has 9 heavy (non-hydrogen) atoms. The van der Waals surface area contributed by atoms with Crippen LogP contribution in [0.3, 0.4) is 0 Å². The smallest absolute Gasteiger partial charge is 0.133 e. The van der Waals surface area contributed by atoms with E-state index in [-0.39, 0.29) is 0 Å². The van der Waals surface area contributed by atoms with Gasteiger partial charge < -0.3 is 0 Å². The highest BCUT2D eigenvalue weighted by Gasteiger charge is 2.37. The Morgan fingerprint density at radius 1 is 1.56 bits per heavy atom. The quantitative estimate of drug-likeness (QED) is 0.548. The predicted molar refractivity (Wildman–Crippen MR) is 36.2 cm³/mol. The second-order valence-electron chi connectivity index (χ2n) is 3.12. The number of halogens is 1. The average Bonchev–Trinajstić information content (AvgIpc) is 1.62. The fraction of sp³-hybridized carbons (Fsp3) is 1.00. The molecule has 2 heteroatoms. The van der Waals surface area contributed by atoms with Crippen LogP contribution in [0.1, 0.15) is 20.3 Å². The van der Waals surface area contributed by atoms with Gasteiger partial charge in [0.1, 0.15) is 5.67 Å². The van der Waals surface area contributed by atoms with E-state index >= 15 is 0 Å². The standard InChI is InChI=1S/C7H14FN/c1-3-4-9-5-7(2,8)6-9/h3-6H2,1-2H3. The third-order valence-electron chi connectivity index (χ3n) is 1.65. The maximum atomic E-state index is 12.7. The molecule has 0 unspecified atom stereocenters. The minimum atomic E-state index is -0.880. The number of hydrogen-bond acceptors (Lipinski definition) is 1. The van der Waals surface area contributed by atoms with Crippen LogP contribution in [0.4, 0.5) is 4.39 Å². The Morgan fingerprint density at radius 3 is 2.44 bits per heavy atom. The summed E-state index contributed by atoms with van der Waals surface area (Å²) >= 11 is 0. The molecule has 1 saturated heterocycles. The van der Waals surface area contributed by atoms with Gasteiger partial charge in [-0.25, -0.2) is 4.39 Å². The van der Waals surface area contributed by atoms with Gasteiger partial charge in [-0.15, -0.1) is 0 Å². The fourth-order valence-corrected chi connectivity index (χ4v) is 1.36. The predicted octanol–water partition coefficient (Wildman–Crippen LogP) is 1.44. The maximum Gasteiger partial charge on any atom is 0.133 e. The highest BCUT2D eigenvalue weighted by atomic mass is 19.1. The highest BCUT2D eigenvalue weighted by Crippen LogP contribution is 2.23. The van der Waals surface area contributed by atoms with Crippen LogP contribution in [0.5, 0.6) is 0 Å². The van der Waals surface area contributed by atoms with E-state index in [0.717, 1.165) is 13.0 Å². The SMILES string of the molecule is CCCN1CC(C)(F)C1. The number of likely N-dealkylation sites (tertiary alicyclic amines) is 1. The molecule has 0 radical (unpaired) electrons. The molecule has 0 aliphatic carbocycles. The van der Waals surface area contributed by atoms with Crippen molar-refractivity contribution < 1.29 is 4.39 Å². The molecule has 0 spiro atoms. The van der Waals surface area contributed by atoms with E-state index < -0.39 is 5.67 Å². The fourth-order valence-electron chi connectivity index (χ4n) is 1.36. The molecule has 1 rings (SSSR count). The summed E-state index contributed by atoms with van der Waals surface area (Å²) in [6.45, 7) is 6.12. The monoisotopic (exact) mass is 131 g/mol. The van der Waals surface area contributed by atoms with Crippen molar-refractivity contribution in [1.29, 1.82) is 0 Å². The second-order valence-corrected chi connectivity index (χ2v) is 3.12. The first-order valence-corrected chi connectivity index (χ1v) is 3.55. The van der Waals surface area contributed by atoms with Gasteiger partial charge in [-0.3, -0.25) is 4.90 Å². The molecular formula is C7H14FN. The van der Waals surface area contributed by atoms with E-state index in [0.29, 0.717) is 13.1 Å². The molecule has 0 aromatic rings. The molecule has 0 N–H and O–H groups in total. The summed E-state index contributed by atoms with van der Waals surface area (Å²) in [7, 11) is 0. The molecule has 0 atom stereocenters. The van der Waals surface area contributed by atoms with Crippen molar-refractivity contribution in [2.45, 2.75) is 25.9 Å². The number of alkyl halides is 1. The Kier molecular flexibility index (Phi) is 1.75. The zero-order valence-electron chi connectivity index (χ0n) is 6.15. The van der Waals surface area contributed by atoms with Crippen LogP contribution in [0.25, 0.3) is 0 Å². The minimum Gasteiger partial charge on any atom is -0.297 e. The largest absolute Gasteiger partial charge is 0.297 e. The van der Waals surface area contributed by atoms with E-state index in [1.54, 1.807) is 6.92 Å². The highest BCUT2D eigenvalue weighted by molar-refractivity contribution is 4.91. The summed E-state index contributed by atoms with van der Waals surface area (Å²) in [5.41, 5.74) is -0.880. The van der Waals surface area contributed by atoms with Crippen LogP contribution in [0.15, 0.2) is 0 Å². The molecule has 0 aromatic carbocycles. The topological polar surface area (TPSA) is 3.24 Å². The van der Waals surface area contributed by atoms with Gasteiger partial charge in [0.25, 0.3) is 0 Å². The summed E-state index contributed by atoms with van der Waals surface area (Å²) in [4.78, 5) is 2.14. The van der Waals surface area contributed by atoms with Gasteiger partial charge in [-0.1, -0.05) is 6.92 Å². The van der Waals surface area contributed by atoms with Crippen LogP contribution in [0, 0.1) is 0 Å². The molecule has 0 bridgehead atoms. The summed E-state index contributed by atoms with van der Waals surface area (Å²) in [5, 5.41) is 0. The second kappa shape index (κ2) is 2.25. The van der Waals surface area contributed by atoms with E-state index in [4.69, 9.17) is 0 Å². The lowest BCUT2D eigenvalue weighted by molar-refractivity contribution is -0.0168. The summed E-state index contributed by atoms with van der Waals surface area (Å²) in [5.74, 6) is 0. The third-order valence-corrected chi connectivity index (χ3v) is 1.65. The van der Waals surface area contributed by atoms with E-state index in [9.17, 15) is 4.39 Å². The number of rotatable bonds is 2. The molecule has 1 nitrogen and oxygen atoms in total. The van der Waals surface area contributed by atoms with Crippen LogP contribution in [0.2, 0.25) is 0 Å². The van der Waals surface area contributed by atoms with Crippen molar-refractivity contribution in [1.82, 2.24) is 4.90 Å². The zero-order chi connectivity index (χ0) is 6.91. The third kappa shape index (κ3) is 1.65. The number of hydrogen-bond donors (Lipinski definition) is 0.